The second-order valence-corrected chi connectivity index (χ2v) is 3.19. The van der Waals surface area contributed by atoms with Gasteiger partial charge in [-0.3, -0.25) is 9.59 Å². The lowest BCUT2D eigenvalue weighted by atomic mass is 10.0. The number of carboxylic acid groups (broad SMARTS) is 1. The predicted octanol–water partition coefficient (Wildman–Crippen LogP) is 0.786. The highest BCUT2D eigenvalue weighted by Crippen LogP contribution is 2.05. The molecule has 0 bridgehead atoms. The summed E-state index contributed by atoms with van der Waals surface area (Å²) in [6, 6.07) is 0. The van der Waals surface area contributed by atoms with E-state index in [2.05, 4.69) is 4.74 Å². The first kappa shape index (κ1) is 13.4. The van der Waals surface area contributed by atoms with Crippen LogP contribution in [-0.2, 0) is 19.1 Å². The van der Waals surface area contributed by atoms with Crippen LogP contribution in [0.5, 0.6) is 0 Å². The maximum absolute atomic E-state index is 11.3. The molecule has 0 amide bonds. The number of rotatable bonds is 5. The smallest absolute Gasteiger partial charge is 0.330 e. The Morgan fingerprint density at radius 3 is 2.27 bits per heavy atom. The Kier molecular flexibility index (Phi) is 5.30. The van der Waals surface area contributed by atoms with Gasteiger partial charge in [-0.2, -0.15) is 0 Å². The van der Waals surface area contributed by atoms with E-state index in [1.807, 2.05) is 0 Å². The van der Waals surface area contributed by atoms with E-state index in [4.69, 9.17) is 5.11 Å². The van der Waals surface area contributed by atoms with Gasteiger partial charge in [-0.1, -0.05) is 13.0 Å². The van der Waals surface area contributed by atoms with Crippen LogP contribution in [0, 0.1) is 5.92 Å². The van der Waals surface area contributed by atoms with Crippen molar-refractivity contribution in [1.82, 2.24) is 0 Å². The van der Waals surface area contributed by atoms with Crippen LogP contribution in [0.2, 0.25) is 0 Å². The van der Waals surface area contributed by atoms with Gasteiger partial charge in [0.1, 0.15) is 0 Å². The Bertz CT molecular complexity index is 303. The van der Waals surface area contributed by atoms with Gasteiger partial charge in [-0.05, 0) is 6.92 Å². The second kappa shape index (κ2) is 5.95. The van der Waals surface area contributed by atoms with Crippen LogP contribution in [0.1, 0.15) is 20.8 Å². The van der Waals surface area contributed by atoms with Gasteiger partial charge < -0.3 is 9.84 Å². The second-order valence-electron chi connectivity index (χ2n) is 3.19. The number of carbonyl (C=O) groups excluding carboxylic acids is 2. The molecule has 0 aliphatic rings. The molecule has 1 atom stereocenters. The zero-order chi connectivity index (χ0) is 12.0. The summed E-state index contributed by atoms with van der Waals surface area (Å²) in [6.07, 6.45) is 1.33. The minimum atomic E-state index is -1.07. The molecular formula is C10H14O5. The fourth-order valence-electron chi connectivity index (χ4n) is 0.843. The Morgan fingerprint density at radius 1 is 1.33 bits per heavy atom. The number of allylic oxidation sites excluding steroid dienone is 1. The van der Waals surface area contributed by atoms with Gasteiger partial charge >= 0.3 is 11.9 Å². The molecule has 1 N–H and O–H groups in total. The highest BCUT2D eigenvalue weighted by molar-refractivity contribution is 5.89. The van der Waals surface area contributed by atoms with Crippen molar-refractivity contribution >= 4 is 17.7 Å². The summed E-state index contributed by atoms with van der Waals surface area (Å²) in [5, 5.41) is 8.57. The van der Waals surface area contributed by atoms with Crippen LogP contribution in [0.25, 0.3) is 0 Å². The molecule has 5 nitrogen and oxygen atoms in total. The van der Waals surface area contributed by atoms with Gasteiger partial charge in [0.15, 0.2) is 12.4 Å². The van der Waals surface area contributed by atoms with Crippen molar-refractivity contribution in [3.63, 3.8) is 0 Å². The monoisotopic (exact) mass is 214 g/mol. The molecule has 0 radical (unpaired) electrons. The van der Waals surface area contributed by atoms with Crippen LogP contribution < -0.4 is 0 Å². The van der Waals surface area contributed by atoms with Crippen molar-refractivity contribution in [3.8, 4) is 0 Å². The van der Waals surface area contributed by atoms with E-state index in [0.29, 0.717) is 0 Å². The zero-order valence-corrected chi connectivity index (χ0v) is 8.94. The van der Waals surface area contributed by atoms with Gasteiger partial charge in [0.2, 0.25) is 0 Å². The topological polar surface area (TPSA) is 80.7 Å². The number of hydrogen-bond donors (Lipinski definition) is 1. The first-order valence-corrected chi connectivity index (χ1v) is 4.42. The lowest BCUT2D eigenvalue weighted by Crippen LogP contribution is -2.18. The predicted molar refractivity (Wildman–Crippen MR) is 52.2 cm³/mol. The SMILES string of the molecule is CC(=O)OCC(=O)C(C)C=C(C)C(=O)O. The molecule has 0 spiro atoms. The number of esters is 1. The quantitative estimate of drug-likeness (QED) is 0.540. The Morgan fingerprint density at radius 2 is 1.87 bits per heavy atom. The van der Waals surface area contributed by atoms with E-state index in [-0.39, 0.29) is 18.0 Å². The summed E-state index contributed by atoms with van der Waals surface area (Å²) in [5.74, 6) is -2.50. The summed E-state index contributed by atoms with van der Waals surface area (Å²) in [7, 11) is 0. The van der Waals surface area contributed by atoms with Crippen LogP contribution in [-0.4, -0.2) is 29.4 Å². The van der Waals surface area contributed by atoms with E-state index in [0.717, 1.165) is 0 Å². The van der Waals surface area contributed by atoms with Gasteiger partial charge in [0.05, 0.1) is 0 Å². The number of Topliss-reactive ketones (excluding diaryl/α,β-unsaturated/α-hetero) is 1. The minimum Gasteiger partial charge on any atom is -0.478 e. The summed E-state index contributed by atoms with van der Waals surface area (Å²) < 4.78 is 4.50. The maximum Gasteiger partial charge on any atom is 0.330 e. The molecule has 0 fully saturated rings. The number of carbonyl (C=O) groups is 3. The van der Waals surface area contributed by atoms with Gasteiger partial charge in [-0.15, -0.1) is 0 Å². The van der Waals surface area contributed by atoms with Crippen molar-refractivity contribution in [1.29, 1.82) is 0 Å². The largest absolute Gasteiger partial charge is 0.478 e. The van der Waals surface area contributed by atoms with E-state index in [1.165, 1.54) is 19.9 Å². The third-order valence-corrected chi connectivity index (χ3v) is 1.76. The van der Waals surface area contributed by atoms with Gasteiger partial charge in [-0.25, -0.2) is 4.79 Å². The molecular weight excluding hydrogens is 200 g/mol. The summed E-state index contributed by atoms with van der Waals surface area (Å²) in [4.78, 5) is 32.2. The lowest BCUT2D eigenvalue weighted by Gasteiger charge is -2.06. The molecule has 0 aromatic heterocycles. The minimum absolute atomic E-state index is 0.0960. The Labute approximate surface area is 87.7 Å². The lowest BCUT2D eigenvalue weighted by molar-refractivity contribution is -0.146. The fraction of sp³-hybridized carbons (Fsp3) is 0.500. The summed E-state index contributed by atoms with van der Waals surface area (Å²) >= 11 is 0. The first-order chi connectivity index (χ1) is 6.84. The van der Waals surface area contributed by atoms with E-state index >= 15 is 0 Å². The van der Waals surface area contributed by atoms with Gasteiger partial charge in [0, 0.05) is 18.4 Å². The van der Waals surface area contributed by atoms with Crippen LogP contribution in [0.3, 0.4) is 0 Å². The Balaban J connectivity index is 4.27. The van der Waals surface area contributed by atoms with Crippen molar-refractivity contribution in [2.24, 2.45) is 5.92 Å². The average molecular weight is 214 g/mol. The third-order valence-electron chi connectivity index (χ3n) is 1.76. The maximum atomic E-state index is 11.3. The van der Waals surface area contributed by atoms with E-state index < -0.39 is 17.9 Å². The summed E-state index contributed by atoms with van der Waals surface area (Å²) in [6.45, 7) is 3.84. The number of ether oxygens (including phenoxy) is 1. The molecule has 15 heavy (non-hydrogen) atoms. The molecule has 1 unspecified atom stereocenters. The van der Waals surface area contributed by atoms with E-state index in [9.17, 15) is 14.4 Å². The average Bonchev–Trinajstić information content (AvgIpc) is 2.13. The molecule has 0 aromatic carbocycles. The number of hydrogen-bond acceptors (Lipinski definition) is 4. The first-order valence-electron chi connectivity index (χ1n) is 4.42. The van der Waals surface area contributed by atoms with Crippen molar-refractivity contribution in [3.05, 3.63) is 11.6 Å². The van der Waals surface area contributed by atoms with Crippen molar-refractivity contribution in [2.75, 3.05) is 6.61 Å². The normalized spacial score (nSPS) is 13.1. The number of carboxylic acids is 1. The van der Waals surface area contributed by atoms with Crippen molar-refractivity contribution in [2.45, 2.75) is 20.8 Å². The number of aliphatic carboxylic acids is 1. The standard InChI is InChI=1S/C10H14O5/c1-6(4-7(2)10(13)14)9(12)5-15-8(3)11/h4,6H,5H2,1-3H3,(H,13,14). The molecule has 0 saturated carbocycles. The highest BCUT2D eigenvalue weighted by Gasteiger charge is 2.13. The molecule has 84 valence electrons. The zero-order valence-electron chi connectivity index (χ0n) is 8.94. The Hall–Kier alpha value is -1.65. The number of ketones is 1. The molecule has 0 saturated heterocycles. The van der Waals surface area contributed by atoms with E-state index in [1.54, 1.807) is 6.92 Å². The third kappa shape index (κ3) is 5.61. The molecule has 0 heterocycles. The summed E-state index contributed by atoms with van der Waals surface area (Å²) in [5.41, 5.74) is 0.0960. The molecule has 5 heteroatoms. The molecule has 0 aromatic rings. The van der Waals surface area contributed by atoms with Crippen LogP contribution in [0.4, 0.5) is 0 Å². The van der Waals surface area contributed by atoms with Crippen LogP contribution >= 0.6 is 0 Å². The van der Waals surface area contributed by atoms with Crippen LogP contribution in [0.15, 0.2) is 11.6 Å². The highest BCUT2D eigenvalue weighted by atomic mass is 16.5. The fourth-order valence-corrected chi connectivity index (χ4v) is 0.843. The molecule has 0 aliphatic carbocycles. The van der Waals surface area contributed by atoms with Crippen molar-refractivity contribution < 1.29 is 24.2 Å². The molecule has 0 rings (SSSR count). The molecule has 0 aliphatic heterocycles. The van der Waals surface area contributed by atoms with Gasteiger partial charge in [0.25, 0.3) is 0 Å².